The van der Waals surface area contributed by atoms with Gasteiger partial charge in [-0.15, -0.1) is 0 Å². The van der Waals surface area contributed by atoms with Gasteiger partial charge in [0.05, 0.1) is 6.54 Å². The molecule has 1 aromatic rings. The molecule has 0 radical (unpaired) electrons. The van der Waals surface area contributed by atoms with E-state index >= 15 is 0 Å². The van der Waals surface area contributed by atoms with E-state index in [0.29, 0.717) is 6.54 Å². The number of benzene rings is 1. The number of nitrogens with zero attached hydrogens (tertiary/aromatic N) is 1. The Bertz CT molecular complexity index is 406. The maximum atomic E-state index is 11.3. The zero-order valence-corrected chi connectivity index (χ0v) is 10.9. The Balaban J connectivity index is 2.09. The number of amides is 1. The van der Waals surface area contributed by atoms with Crippen molar-refractivity contribution >= 4 is 21.8 Å². The maximum Gasteiger partial charge on any atom is 0.233 e. The van der Waals surface area contributed by atoms with Gasteiger partial charge in [0, 0.05) is 24.6 Å². The lowest BCUT2D eigenvalue weighted by molar-refractivity contribution is -0.121. The SMILES string of the molecule is CNC(=O)CN1CCc2c(Br)cccc2C1. The minimum absolute atomic E-state index is 0.0819. The Morgan fingerprint density at radius 2 is 2.38 bits per heavy atom. The highest BCUT2D eigenvalue weighted by atomic mass is 79.9. The average Bonchev–Trinajstić information content (AvgIpc) is 2.29. The lowest BCUT2D eigenvalue weighted by atomic mass is 10.00. The number of hydrogen-bond acceptors (Lipinski definition) is 2. The minimum atomic E-state index is 0.0819. The normalized spacial score (nSPS) is 15.6. The largest absolute Gasteiger partial charge is 0.358 e. The smallest absolute Gasteiger partial charge is 0.233 e. The van der Waals surface area contributed by atoms with Crippen LogP contribution in [0.4, 0.5) is 0 Å². The second-order valence-corrected chi connectivity index (χ2v) is 4.87. The first-order chi connectivity index (χ1) is 7.70. The molecule has 0 aromatic heterocycles. The Labute approximate surface area is 104 Å². The molecule has 16 heavy (non-hydrogen) atoms. The van der Waals surface area contributed by atoms with Crippen LogP contribution < -0.4 is 5.32 Å². The molecule has 3 nitrogen and oxygen atoms in total. The van der Waals surface area contributed by atoms with Gasteiger partial charge in [-0.25, -0.2) is 0 Å². The van der Waals surface area contributed by atoms with E-state index in [1.165, 1.54) is 15.6 Å². The van der Waals surface area contributed by atoms with E-state index in [1.54, 1.807) is 7.05 Å². The Hall–Kier alpha value is -0.870. The van der Waals surface area contributed by atoms with Gasteiger partial charge in [-0.2, -0.15) is 0 Å². The highest BCUT2D eigenvalue weighted by Gasteiger charge is 2.19. The number of carbonyl (C=O) groups excluding carboxylic acids is 1. The predicted molar refractivity (Wildman–Crippen MR) is 67.2 cm³/mol. The second kappa shape index (κ2) is 4.97. The van der Waals surface area contributed by atoms with Gasteiger partial charge in [0.1, 0.15) is 0 Å². The Morgan fingerprint density at radius 3 is 3.12 bits per heavy atom. The molecule has 1 heterocycles. The Morgan fingerprint density at radius 1 is 1.56 bits per heavy atom. The number of hydrogen-bond donors (Lipinski definition) is 1. The molecule has 2 rings (SSSR count). The van der Waals surface area contributed by atoms with Crippen LogP contribution in [0.1, 0.15) is 11.1 Å². The molecule has 86 valence electrons. The number of carbonyl (C=O) groups is 1. The van der Waals surface area contributed by atoms with Crippen molar-refractivity contribution in [2.45, 2.75) is 13.0 Å². The summed E-state index contributed by atoms with van der Waals surface area (Å²) in [5, 5.41) is 2.66. The third-order valence-electron chi connectivity index (χ3n) is 2.93. The van der Waals surface area contributed by atoms with E-state index < -0.39 is 0 Å². The van der Waals surface area contributed by atoms with Crippen molar-refractivity contribution in [3.63, 3.8) is 0 Å². The van der Waals surface area contributed by atoms with Crippen molar-refractivity contribution in [3.8, 4) is 0 Å². The first-order valence-corrected chi connectivity index (χ1v) is 6.19. The topological polar surface area (TPSA) is 32.3 Å². The van der Waals surface area contributed by atoms with Crippen LogP contribution in [0.2, 0.25) is 0 Å². The van der Waals surface area contributed by atoms with Crippen molar-refractivity contribution in [1.29, 1.82) is 0 Å². The monoisotopic (exact) mass is 282 g/mol. The molecule has 0 fully saturated rings. The van der Waals surface area contributed by atoms with Crippen LogP contribution in [0, 0.1) is 0 Å². The lowest BCUT2D eigenvalue weighted by Crippen LogP contribution is -2.38. The molecule has 0 saturated heterocycles. The molecule has 1 aromatic carbocycles. The van der Waals surface area contributed by atoms with Gasteiger partial charge in [0.15, 0.2) is 0 Å². The van der Waals surface area contributed by atoms with E-state index in [1.807, 2.05) is 6.07 Å². The van der Waals surface area contributed by atoms with Crippen LogP contribution in [0.25, 0.3) is 0 Å². The van der Waals surface area contributed by atoms with Gasteiger partial charge < -0.3 is 5.32 Å². The van der Waals surface area contributed by atoms with Crippen molar-refractivity contribution in [3.05, 3.63) is 33.8 Å². The molecule has 0 aliphatic carbocycles. The predicted octanol–water partition coefficient (Wildman–Crippen LogP) is 1.55. The van der Waals surface area contributed by atoms with E-state index in [4.69, 9.17) is 0 Å². The van der Waals surface area contributed by atoms with Gasteiger partial charge >= 0.3 is 0 Å². The number of nitrogens with one attached hydrogen (secondary N) is 1. The molecule has 1 amide bonds. The fourth-order valence-electron chi connectivity index (χ4n) is 2.04. The first kappa shape index (κ1) is 11.6. The quantitative estimate of drug-likeness (QED) is 0.893. The maximum absolute atomic E-state index is 11.3. The van der Waals surface area contributed by atoms with E-state index in [2.05, 4.69) is 38.3 Å². The third kappa shape index (κ3) is 2.44. The number of rotatable bonds is 2. The van der Waals surface area contributed by atoms with Crippen LogP contribution in [-0.4, -0.2) is 30.9 Å². The second-order valence-electron chi connectivity index (χ2n) is 4.01. The lowest BCUT2D eigenvalue weighted by Gasteiger charge is -2.28. The van der Waals surface area contributed by atoms with Crippen molar-refractivity contribution in [2.24, 2.45) is 0 Å². The first-order valence-electron chi connectivity index (χ1n) is 5.40. The summed E-state index contributed by atoms with van der Waals surface area (Å²) in [6.45, 7) is 2.30. The summed E-state index contributed by atoms with van der Waals surface area (Å²) < 4.78 is 1.18. The van der Waals surface area contributed by atoms with Gasteiger partial charge in [-0.05, 0) is 23.6 Å². The van der Waals surface area contributed by atoms with E-state index in [9.17, 15) is 4.79 Å². The van der Waals surface area contributed by atoms with Crippen molar-refractivity contribution in [1.82, 2.24) is 10.2 Å². The molecular formula is C12H15BrN2O. The average molecular weight is 283 g/mol. The molecule has 0 saturated carbocycles. The fraction of sp³-hybridized carbons (Fsp3) is 0.417. The molecule has 0 atom stereocenters. The molecule has 0 unspecified atom stereocenters. The number of halogens is 1. The zero-order chi connectivity index (χ0) is 11.5. The van der Waals surface area contributed by atoms with Gasteiger partial charge in [0.25, 0.3) is 0 Å². The number of likely N-dealkylation sites (N-methyl/N-ethyl adjacent to an activating group) is 1. The van der Waals surface area contributed by atoms with Gasteiger partial charge in [-0.3, -0.25) is 9.69 Å². The highest BCUT2D eigenvalue weighted by molar-refractivity contribution is 9.10. The Kier molecular flexibility index (Phi) is 3.61. The number of fused-ring (bicyclic) bond motifs is 1. The fourth-order valence-corrected chi connectivity index (χ4v) is 2.64. The van der Waals surface area contributed by atoms with Gasteiger partial charge in [-0.1, -0.05) is 28.1 Å². The summed E-state index contributed by atoms with van der Waals surface area (Å²) in [5.41, 5.74) is 2.71. The van der Waals surface area contributed by atoms with E-state index in [0.717, 1.165) is 19.5 Å². The molecule has 4 heteroatoms. The van der Waals surface area contributed by atoms with Crippen LogP contribution >= 0.6 is 15.9 Å². The van der Waals surface area contributed by atoms with Crippen LogP contribution in [0.15, 0.2) is 22.7 Å². The van der Waals surface area contributed by atoms with Crippen LogP contribution in [0.5, 0.6) is 0 Å². The highest BCUT2D eigenvalue weighted by Crippen LogP contribution is 2.25. The van der Waals surface area contributed by atoms with Crippen molar-refractivity contribution in [2.75, 3.05) is 20.1 Å². The van der Waals surface area contributed by atoms with Gasteiger partial charge in [0.2, 0.25) is 5.91 Å². The molecule has 0 bridgehead atoms. The van der Waals surface area contributed by atoms with Crippen molar-refractivity contribution < 1.29 is 4.79 Å². The third-order valence-corrected chi connectivity index (χ3v) is 3.68. The molecular weight excluding hydrogens is 268 g/mol. The zero-order valence-electron chi connectivity index (χ0n) is 9.29. The summed E-state index contributed by atoms with van der Waals surface area (Å²) in [4.78, 5) is 13.5. The molecule has 1 aliphatic rings. The molecule has 1 aliphatic heterocycles. The minimum Gasteiger partial charge on any atom is -0.358 e. The molecule has 0 spiro atoms. The summed E-state index contributed by atoms with van der Waals surface area (Å²) in [7, 11) is 1.68. The molecule has 1 N–H and O–H groups in total. The van der Waals surface area contributed by atoms with Crippen LogP contribution in [0.3, 0.4) is 0 Å². The van der Waals surface area contributed by atoms with Crippen LogP contribution in [-0.2, 0) is 17.8 Å². The standard InChI is InChI=1S/C12H15BrN2O/c1-14-12(16)8-15-6-5-10-9(7-15)3-2-4-11(10)13/h2-4H,5-8H2,1H3,(H,14,16). The summed E-state index contributed by atoms with van der Waals surface area (Å²) in [6, 6.07) is 6.26. The van der Waals surface area contributed by atoms with E-state index in [-0.39, 0.29) is 5.91 Å². The summed E-state index contributed by atoms with van der Waals surface area (Å²) >= 11 is 3.57. The summed E-state index contributed by atoms with van der Waals surface area (Å²) in [5.74, 6) is 0.0819. The summed E-state index contributed by atoms with van der Waals surface area (Å²) in [6.07, 6.45) is 1.01.